The molecular weight excluding hydrogens is 332 g/mol. The molecule has 0 unspecified atom stereocenters. The van der Waals surface area contributed by atoms with Crippen LogP contribution < -0.4 is 4.74 Å². The second-order valence-corrected chi connectivity index (χ2v) is 6.86. The van der Waals surface area contributed by atoms with Crippen LogP contribution in [0.5, 0.6) is 5.75 Å². The van der Waals surface area contributed by atoms with E-state index in [4.69, 9.17) is 9.72 Å². The minimum Gasteiger partial charge on any atom is -0.493 e. The highest BCUT2D eigenvalue weighted by Gasteiger charge is 2.13. The quantitative estimate of drug-likeness (QED) is 0.409. The zero-order valence-corrected chi connectivity index (χ0v) is 15.9. The number of nitrogens with zero attached hydrogens (tertiary/aromatic N) is 2. The van der Waals surface area contributed by atoms with Crippen LogP contribution in [0.3, 0.4) is 0 Å². The number of aromatic nitrogens is 2. The Kier molecular flexibility index (Phi) is 4.93. The van der Waals surface area contributed by atoms with Gasteiger partial charge in [0.25, 0.3) is 0 Å². The van der Waals surface area contributed by atoms with Crippen molar-refractivity contribution in [3.8, 4) is 17.1 Å². The van der Waals surface area contributed by atoms with Gasteiger partial charge in [-0.05, 0) is 49.6 Å². The number of hydrogen-bond donors (Lipinski definition) is 0. The summed E-state index contributed by atoms with van der Waals surface area (Å²) in [5.74, 6) is 2.00. The summed E-state index contributed by atoms with van der Waals surface area (Å²) in [5.41, 5.74) is 5.81. The average Bonchev–Trinajstić information content (AvgIpc) is 3.05. The van der Waals surface area contributed by atoms with Gasteiger partial charge in [0.2, 0.25) is 0 Å². The van der Waals surface area contributed by atoms with Crippen molar-refractivity contribution >= 4 is 11.0 Å². The Bertz CT molecular complexity index is 1060. The van der Waals surface area contributed by atoms with Gasteiger partial charge >= 0.3 is 0 Å². The van der Waals surface area contributed by atoms with Crippen LogP contribution in [0.15, 0.2) is 72.8 Å². The summed E-state index contributed by atoms with van der Waals surface area (Å²) in [6, 6.07) is 24.9. The Morgan fingerprint density at radius 2 is 1.52 bits per heavy atom. The number of para-hydroxylation sites is 3. The Hall–Kier alpha value is -3.07. The van der Waals surface area contributed by atoms with Gasteiger partial charge in [-0.2, -0.15) is 0 Å². The van der Waals surface area contributed by atoms with Crippen LogP contribution in [0.1, 0.15) is 17.5 Å². The average molecular weight is 356 g/mol. The predicted octanol–water partition coefficient (Wildman–Crippen LogP) is 5.79. The van der Waals surface area contributed by atoms with Gasteiger partial charge in [-0.15, -0.1) is 0 Å². The van der Waals surface area contributed by atoms with Gasteiger partial charge < -0.3 is 9.30 Å². The van der Waals surface area contributed by atoms with Crippen LogP contribution in [0, 0.1) is 13.8 Å². The Morgan fingerprint density at radius 1 is 0.815 bits per heavy atom. The van der Waals surface area contributed by atoms with E-state index in [1.807, 2.05) is 24.3 Å². The van der Waals surface area contributed by atoms with Crippen molar-refractivity contribution in [3.63, 3.8) is 0 Å². The standard InChI is InChI=1S/C24H24N2O/c1-18-10-3-5-12-20(18)24-25-21-13-6-7-14-22(21)26(24)16-9-17-27-23-15-8-4-11-19(23)2/h3-8,10-15H,9,16-17H2,1-2H3. The molecule has 0 atom stereocenters. The van der Waals surface area contributed by atoms with Crippen molar-refractivity contribution in [1.29, 1.82) is 0 Å². The predicted molar refractivity (Wildman–Crippen MR) is 111 cm³/mol. The van der Waals surface area contributed by atoms with Crippen LogP contribution in [0.2, 0.25) is 0 Å². The summed E-state index contributed by atoms with van der Waals surface area (Å²) in [4.78, 5) is 4.92. The van der Waals surface area contributed by atoms with Crippen LogP contribution >= 0.6 is 0 Å². The largest absolute Gasteiger partial charge is 0.493 e. The molecule has 0 saturated carbocycles. The molecule has 0 radical (unpaired) electrons. The molecule has 0 aliphatic carbocycles. The summed E-state index contributed by atoms with van der Waals surface area (Å²) >= 11 is 0. The molecule has 4 rings (SSSR count). The van der Waals surface area contributed by atoms with E-state index in [9.17, 15) is 0 Å². The maximum absolute atomic E-state index is 5.98. The lowest BCUT2D eigenvalue weighted by Crippen LogP contribution is -2.07. The molecule has 3 aromatic carbocycles. The van der Waals surface area contributed by atoms with Gasteiger partial charge in [0.15, 0.2) is 0 Å². The van der Waals surface area contributed by atoms with Gasteiger partial charge in [-0.3, -0.25) is 0 Å². The number of rotatable bonds is 6. The lowest BCUT2D eigenvalue weighted by Gasteiger charge is -2.12. The van der Waals surface area contributed by atoms with Crippen LogP contribution in [-0.4, -0.2) is 16.2 Å². The lowest BCUT2D eigenvalue weighted by atomic mass is 10.1. The Balaban J connectivity index is 1.58. The lowest BCUT2D eigenvalue weighted by molar-refractivity contribution is 0.301. The highest BCUT2D eigenvalue weighted by atomic mass is 16.5. The number of fused-ring (bicyclic) bond motifs is 1. The van der Waals surface area contributed by atoms with Crippen molar-refractivity contribution in [3.05, 3.63) is 83.9 Å². The van der Waals surface area contributed by atoms with E-state index in [-0.39, 0.29) is 0 Å². The molecule has 1 heterocycles. The van der Waals surface area contributed by atoms with Crippen molar-refractivity contribution in [1.82, 2.24) is 9.55 Å². The second-order valence-electron chi connectivity index (χ2n) is 6.86. The van der Waals surface area contributed by atoms with E-state index in [1.54, 1.807) is 0 Å². The third kappa shape index (κ3) is 3.59. The minimum absolute atomic E-state index is 0.685. The maximum atomic E-state index is 5.98. The van der Waals surface area contributed by atoms with Crippen molar-refractivity contribution in [2.24, 2.45) is 0 Å². The fourth-order valence-electron chi connectivity index (χ4n) is 3.45. The van der Waals surface area contributed by atoms with Crippen molar-refractivity contribution in [2.45, 2.75) is 26.8 Å². The third-order valence-electron chi connectivity index (χ3n) is 4.92. The SMILES string of the molecule is Cc1ccccc1OCCCn1c(-c2ccccc2C)nc2ccccc21. The molecule has 136 valence electrons. The monoisotopic (exact) mass is 356 g/mol. The normalized spacial score (nSPS) is 11.0. The van der Waals surface area contributed by atoms with Gasteiger partial charge in [-0.25, -0.2) is 4.98 Å². The fraction of sp³-hybridized carbons (Fsp3) is 0.208. The number of benzene rings is 3. The first-order valence-corrected chi connectivity index (χ1v) is 9.44. The van der Waals surface area contributed by atoms with E-state index >= 15 is 0 Å². The molecule has 1 aromatic heterocycles. The molecule has 0 amide bonds. The smallest absolute Gasteiger partial charge is 0.141 e. The number of hydrogen-bond acceptors (Lipinski definition) is 2. The van der Waals surface area contributed by atoms with Gasteiger partial charge in [0, 0.05) is 12.1 Å². The third-order valence-corrected chi connectivity index (χ3v) is 4.92. The summed E-state index contributed by atoms with van der Waals surface area (Å²) in [7, 11) is 0. The molecule has 0 aliphatic rings. The molecule has 0 saturated heterocycles. The molecule has 3 nitrogen and oxygen atoms in total. The zero-order valence-electron chi connectivity index (χ0n) is 15.9. The second kappa shape index (κ2) is 7.67. The fourth-order valence-corrected chi connectivity index (χ4v) is 3.45. The zero-order chi connectivity index (χ0) is 18.6. The summed E-state index contributed by atoms with van der Waals surface area (Å²) < 4.78 is 8.30. The van der Waals surface area contributed by atoms with Crippen LogP contribution in [0.4, 0.5) is 0 Å². The molecular formula is C24H24N2O. The van der Waals surface area contributed by atoms with Gasteiger partial charge in [0.1, 0.15) is 11.6 Å². The van der Waals surface area contributed by atoms with E-state index in [0.717, 1.165) is 30.1 Å². The van der Waals surface area contributed by atoms with Crippen LogP contribution in [-0.2, 0) is 6.54 Å². The number of imidazole rings is 1. The van der Waals surface area contributed by atoms with E-state index in [1.165, 1.54) is 22.2 Å². The highest BCUT2D eigenvalue weighted by Crippen LogP contribution is 2.27. The molecule has 0 aliphatic heterocycles. The van der Waals surface area contributed by atoms with Gasteiger partial charge in [0.05, 0.1) is 17.6 Å². The Morgan fingerprint density at radius 3 is 2.33 bits per heavy atom. The first kappa shape index (κ1) is 17.3. The molecule has 4 aromatic rings. The van der Waals surface area contributed by atoms with Gasteiger partial charge in [-0.1, -0.05) is 54.6 Å². The number of aryl methyl sites for hydroxylation is 3. The highest BCUT2D eigenvalue weighted by molar-refractivity contribution is 5.81. The molecule has 0 spiro atoms. The van der Waals surface area contributed by atoms with Crippen LogP contribution in [0.25, 0.3) is 22.4 Å². The first-order valence-electron chi connectivity index (χ1n) is 9.44. The molecule has 0 bridgehead atoms. The molecule has 3 heteroatoms. The van der Waals surface area contributed by atoms with Crippen molar-refractivity contribution in [2.75, 3.05) is 6.61 Å². The molecule has 0 fully saturated rings. The first-order chi connectivity index (χ1) is 13.2. The molecule has 0 N–H and O–H groups in total. The van der Waals surface area contributed by atoms with E-state index in [2.05, 4.69) is 66.9 Å². The van der Waals surface area contributed by atoms with E-state index < -0.39 is 0 Å². The van der Waals surface area contributed by atoms with Crippen molar-refractivity contribution < 1.29 is 4.74 Å². The summed E-state index contributed by atoms with van der Waals surface area (Å²) in [6.45, 7) is 5.77. The maximum Gasteiger partial charge on any atom is 0.141 e. The topological polar surface area (TPSA) is 27.1 Å². The summed E-state index contributed by atoms with van der Waals surface area (Å²) in [5, 5.41) is 0. The summed E-state index contributed by atoms with van der Waals surface area (Å²) in [6.07, 6.45) is 0.924. The minimum atomic E-state index is 0.685. The van der Waals surface area contributed by atoms with E-state index in [0.29, 0.717) is 6.61 Å². The Labute approximate surface area is 160 Å². The number of ether oxygens (including phenoxy) is 1. The molecule has 27 heavy (non-hydrogen) atoms.